The predicted molar refractivity (Wildman–Crippen MR) is 105 cm³/mol. The van der Waals surface area contributed by atoms with E-state index in [1.165, 1.54) is 69.8 Å². The molecule has 2 aliphatic carbocycles. The molecule has 1 aromatic rings. The molecule has 1 saturated heterocycles. The summed E-state index contributed by atoms with van der Waals surface area (Å²) in [5.74, 6) is 1.38. The standard InChI is InChI=1S/C22H33BO3/c1-4-10-18(11-5-1)16-24-17-23-25-21(19-12-6-2-7-13-19)22(26-23)20-14-8-3-9-15-20/h1,4-5,10-11,19-22H,2-3,6-9,12-17H2/t21-,22-/m0/s1. The molecule has 142 valence electrons. The number of ether oxygens (including phenoxy) is 1. The molecule has 26 heavy (non-hydrogen) atoms. The van der Waals surface area contributed by atoms with Gasteiger partial charge in [-0.25, -0.2) is 0 Å². The summed E-state index contributed by atoms with van der Waals surface area (Å²) < 4.78 is 18.8. The van der Waals surface area contributed by atoms with E-state index < -0.39 is 0 Å². The molecule has 3 nitrogen and oxygen atoms in total. The van der Waals surface area contributed by atoms with Crippen LogP contribution in [0, 0.1) is 11.8 Å². The Hall–Kier alpha value is -0.835. The van der Waals surface area contributed by atoms with Crippen LogP contribution in [0.2, 0.25) is 0 Å². The molecule has 1 aliphatic heterocycles. The van der Waals surface area contributed by atoms with Gasteiger partial charge in [0, 0.05) is 0 Å². The highest BCUT2D eigenvalue weighted by Gasteiger charge is 2.46. The molecule has 1 heterocycles. The largest absolute Gasteiger partial charge is 0.485 e. The first-order valence-electron chi connectivity index (χ1n) is 10.8. The third kappa shape index (κ3) is 4.71. The highest BCUT2D eigenvalue weighted by molar-refractivity contribution is 6.45. The minimum Gasteiger partial charge on any atom is -0.404 e. The first kappa shape index (κ1) is 18.5. The first-order chi connectivity index (χ1) is 12.9. The molecule has 3 aliphatic rings. The molecule has 0 aromatic heterocycles. The number of hydrogen-bond acceptors (Lipinski definition) is 3. The summed E-state index contributed by atoms with van der Waals surface area (Å²) in [7, 11) is -0.183. The lowest BCUT2D eigenvalue weighted by atomic mass is 9.77. The molecule has 0 amide bonds. The SMILES string of the molecule is c1ccc(COCB2O[C@@H](C3CCCCC3)[C@H](C3CCCCC3)O2)cc1. The van der Waals surface area contributed by atoms with Crippen LogP contribution >= 0.6 is 0 Å². The van der Waals surface area contributed by atoms with Gasteiger partial charge in [0.15, 0.2) is 0 Å². The van der Waals surface area contributed by atoms with Crippen molar-refractivity contribution in [1.29, 1.82) is 0 Å². The minimum absolute atomic E-state index is 0.183. The molecule has 2 saturated carbocycles. The Morgan fingerprint density at radius 2 is 1.31 bits per heavy atom. The highest BCUT2D eigenvalue weighted by Crippen LogP contribution is 2.40. The quantitative estimate of drug-likeness (QED) is 0.658. The molecular formula is C22H33BO3. The number of benzene rings is 1. The fraction of sp³-hybridized carbons (Fsp3) is 0.727. The number of rotatable bonds is 6. The van der Waals surface area contributed by atoms with Crippen LogP contribution in [0.15, 0.2) is 30.3 Å². The van der Waals surface area contributed by atoms with Gasteiger partial charge in [-0.05, 0) is 43.1 Å². The van der Waals surface area contributed by atoms with Gasteiger partial charge >= 0.3 is 7.12 Å². The van der Waals surface area contributed by atoms with Gasteiger partial charge in [-0.3, -0.25) is 0 Å². The van der Waals surface area contributed by atoms with Gasteiger partial charge in [0.05, 0.1) is 25.3 Å². The summed E-state index contributed by atoms with van der Waals surface area (Å²) in [4.78, 5) is 0. The second-order valence-corrected chi connectivity index (χ2v) is 8.43. The van der Waals surface area contributed by atoms with Gasteiger partial charge in [-0.1, -0.05) is 68.9 Å². The summed E-state index contributed by atoms with van der Waals surface area (Å²) in [6.45, 7) is 1.17. The van der Waals surface area contributed by atoms with E-state index in [0.29, 0.717) is 37.2 Å². The van der Waals surface area contributed by atoms with Crippen molar-refractivity contribution in [3.05, 3.63) is 35.9 Å². The maximum absolute atomic E-state index is 6.46. The summed E-state index contributed by atoms with van der Waals surface area (Å²) in [6.07, 6.45) is 14.1. The third-order valence-electron chi connectivity index (χ3n) is 6.54. The average Bonchev–Trinajstić information content (AvgIpc) is 3.14. The van der Waals surface area contributed by atoms with E-state index in [1.807, 2.05) is 6.07 Å². The maximum Gasteiger partial charge on any atom is 0.485 e. The van der Waals surface area contributed by atoms with Crippen LogP contribution in [0.4, 0.5) is 0 Å². The fourth-order valence-electron chi connectivity index (χ4n) is 5.15. The smallest absolute Gasteiger partial charge is 0.404 e. The van der Waals surface area contributed by atoms with Gasteiger partial charge in [-0.15, -0.1) is 0 Å². The van der Waals surface area contributed by atoms with Gasteiger partial charge in [-0.2, -0.15) is 0 Å². The molecule has 2 atom stereocenters. The van der Waals surface area contributed by atoms with Crippen molar-refractivity contribution in [3.63, 3.8) is 0 Å². The molecule has 1 aromatic carbocycles. The van der Waals surface area contributed by atoms with E-state index in [2.05, 4.69) is 24.3 Å². The van der Waals surface area contributed by atoms with E-state index in [9.17, 15) is 0 Å². The van der Waals surface area contributed by atoms with Crippen molar-refractivity contribution in [2.45, 2.75) is 83.0 Å². The Kier molecular flexibility index (Phi) is 6.69. The van der Waals surface area contributed by atoms with E-state index in [-0.39, 0.29) is 7.12 Å². The summed E-state index contributed by atoms with van der Waals surface area (Å²) in [5.41, 5.74) is 1.21. The minimum atomic E-state index is -0.183. The van der Waals surface area contributed by atoms with Crippen LogP contribution in [0.25, 0.3) is 0 Å². The number of hydrogen-bond donors (Lipinski definition) is 0. The molecule has 3 fully saturated rings. The monoisotopic (exact) mass is 356 g/mol. The van der Waals surface area contributed by atoms with E-state index in [1.54, 1.807) is 0 Å². The molecular weight excluding hydrogens is 323 g/mol. The molecule has 4 heteroatoms. The Balaban J connectivity index is 1.34. The fourth-order valence-corrected chi connectivity index (χ4v) is 5.15. The lowest BCUT2D eigenvalue weighted by molar-refractivity contribution is 0.0324. The van der Waals surface area contributed by atoms with Crippen LogP contribution in [0.5, 0.6) is 0 Å². The van der Waals surface area contributed by atoms with Crippen molar-refractivity contribution < 1.29 is 14.0 Å². The van der Waals surface area contributed by atoms with Crippen molar-refractivity contribution >= 4 is 7.12 Å². The van der Waals surface area contributed by atoms with Gasteiger partial charge in [0.1, 0.15) is 0 Å². The van der Waals surface area contributed by atoms with Crippen molar-refractivity contribution in [2.75, 3.05) is 6.51 Å². The normalized spacial score (nSPS) is 28.5. The zero-order valence-corrected chi connectivity index (χ0v) is 16.0. The van der Waals surface area contributed by atoms with Crippen molar-refractivity contribution in [1.82, 2.24) is 0 Å². The van der Waals surface area contributed by atoms with Gasteiger partial charge < -0.3 is 14.0 Å². The molecule has 4 rings (SSSR count). The molecule has 0 spiro atoms. The average molecular weight is 356 g/mol. The second-order valence-electron chi connectivity index (χ2n) is 8.43. The van der Waals surface area contributed by atoms with Crippen LogP contribution in [-0.2, 0) is 20.7 Å². The molecule has 0 unspecified atom stereocenters. The van der Waals surface area contributed by atoms with E-state index in [4.69, 9.17) is 14.0 Å². The zero-order valence-electron chi connectivity index (χ0n) is 16.0. The highest BCUT2D eigenvalue weighted by atomic mass is 16.7. The van der Waals surface area contributed by atoms with Gasteiger partial charge in [0.2, 0.25) is 0 Å². The summed E-state index contributed by atoms with van der Waals surface area (Å²) >= 11 is 0. The predicted octanol–water partition coefficient (Wildman–Crippen LogP) is 5.18. The van der Waals surface area contributed by atoms with E-state index in [0.717, 1.165) is 0 Å². The first-order valence-corrected chi connectivity index (χ1v) is 10.8. The van der Waals surface area contributed by atoms with E-state index >= 15 is 0 Å². The molecule has 0 bridgehead atoms. The van der Waals surface area contributed by atoms with Crippen molar-refractivity contribution in [2.24, 2.45) is 11.8 Å². The van der Waals surface area contributed by atoms with Crippen molar-refractivity contribution in [3.8, 4) is 0 Å². The summed E-state index contributed by atoms with van der Waals surface area (Å²) in [6, 6.07) is 10.4. The van der Waals surface area contributed by atoms with Crippen LogP contribution < -0.4 is 0 Å². The maximum atomic E-state index is 6.46. The van der Waals surface area contributed by atoms with Gasteiger partial charge in [0.25, 0.3) is 0 Å². The lowest BCUT2D eigenvalue weighted by Crippen LogP contribution is -2.38. The second kappa shape index (κ2) is 9.39. The van der Waals surface area contributed by atoms with Crippen LogP contribution in [0.3, 0.4) is 0 Å². The Morgan fingerprint density at radius 1 is 0.769 bits per heavy atom. The Bertz CT molecular complexity index is 499. The van der Waals surface area contributed by atoms with Crippen LogP contribution in [-0.4, -0.2) is 25.8 Å². The lowest BCUT2D eigenvalue weighted by Gasteiger charge is -2.35. The Labute approximate surface area is 158 Å². The summed E-state index contributed by atoms with van der Waals surface area (Å²) in [5, 5.41) is 0. The topological polar surface area (TPSA) is 27.7 Å². The van der Waals surface area contributed by atoms with Crippen LogP contribution in [0.1, 0.15) is 69.8 Å². The zero-order chi connectivity index (χ0) is 17.6. The third-order valence-corrected chi connectivity index (χ3v) is 6.54. The molecule has 0 N–H and O–H groups in total. The Morgan fingerprint density at radius 3 is 1.85 bits per heavy atom. The molecule has 0 radical (unpaired) electrons.